The Morgan fingerprint density at radius 1 is 0.969 bits per heavy atom. The average molecular weight is 492 g/mol. The zero-order chi connectivity index (χ0) is 23.3. The van der Waals surface area contributed by atoms with Crippen LogP contribution in [-0.4, -0.2) is 32.3 Å². The lowest BCUT2D eigenvalue weighted by molar-refractivity contribution is -0.116. The molecule has 0 saturated carbocycles. The molecular formula is C22H23Cl2N5O2S. The van der Waals surface area contributed by atoms with Gasteiger partial charge in [-0.2, -0.15) is 0 Å². The molecule has 2 amide bonds. The first-order chi connectivity index (χ1) is 15.2. The number of halogens is 2. The minimum Gasteiger partial charge on any atom is -0.326 e. The predicted molar refractivity (Wildman–Crippen MR) is 130 cm³/mol. The van der Waals surface area contributed by atoms with Gasteiger partial charge in [-0.3, -0.25) is 9.59 Å². The third kappa shape index (κ3) is 6.48. The summed E-state index contributed by atoms with van der Waals surface area (Å²) in [6.45, 7) is 4.24. The molecule has 0 aliphatic carbocycles. The Morgan fingerprint density at radius 3 is 2.28 bits per heavy atom. The molecule has 0 aliphatic rings. The van der Waals surface area contributed by atoms with Gasteiger partial charge in [0.15, 0.2) is 5.16 Å². The quantitative estimate of drug-likeness (QED) is 0.424. The number of nitrogens with one attached hydrogen (secondary N) is 2. The molecule has 1 aromatic heterocycles. The van der Waals surface area contributed by atoms with Gasteiger partial charge in [0.05, 0.1) is 22.2 Å². The molecule has 168 valence electrons. The highest BCUT2D eigenvalue weighted by atomic mass is 35.5. The first-order valence-electron chi connectivity index (χ1n) is 9.88. The highest BCUT2D eigenvalue weighted by Crippen LogP contribution is 2.25. The largest absolute Gasteiger partial charge is 0.326 e. The summed E-state index contributed by atoms with van der Waals surface area (Å²) >= 11 is 13.1. The summed E-state index contributed by atoms with van der Waals surface area (Å²) < 4.78 is 1.70. The zero-order valence-electron chi connectivity index (χ0n) is 17.9. The van der Waals surface area contributed by atoms with E-state index in [-0.39, 0.29) is 24.0 Å². The summed E-state index contributed by atoms with van der Waals surface area (Å²) in [6, 6.07) is 12.7. The number of benzene rings is 2. The number of nitrogens with zero attached hydrogens (tertiary/aromatic N) is 3. The molecule has 0 atom stereocenters. The van der Waals surface area contributed by atoms with E-state index in [1.807, 2.05) is 24.3 Å². The molecule has 0 unspecified atom stereocenters. The van der Waals surface area contributed by atoms with Crippen LogP contribution in [0.3, 0.4) is 0 Å². The van der Waals surface area contributed by atoms with Crippen LogP contribution in [0.5, 0.6) is 0 Å². The van der Waals surface area contributed by atoms with Crippen molar-refractivity contribution in [3.05, 3.63) is 63.9 Å². The van der Waals surface area contributed by atoms with Gasteiger partial charge in [-0.1, -0.05) is 60.9 Å². The van der Waals surface area contributed by atoms with E-state index in [1.54, 1.807) is 29.8 Å². The molecule has 2 N–H and O–H groups in total. The minimum absolute atomic E-state index is 0.0265. The summed E-state index contributed by atoms with van der Waals surface area (Å²) in [5.41, 5.74) is 2.50. The second kappa shape index (κ2) is 10.8. The molecule has 10 heteroatoms. The summed E-state index contributed by atoms with van der Waals surface area (Å²) in [5, 5.41) is 15.1. The van der Waals surface area contributed by atoms with E-state index >= 15 is 0 Å². The summed E-state index contributed by atoms with van der Waals surface area (Å²) in [4.78, 5) is 24.6. The molecule has 0 fully saturated rings. The number of hydrogen-bond donors (Lipinski definition) is 2. The first kappa shape index (κ1) is 24.1. The van der Waals surface area contributed by atoms with Crippen molar-refractivity contribution in [2.45, 2.75) is 31.3 Å². The van der Waals surface area contributed by atoms with Crippen molar-refractivity contribution in [3.8, 4) is 0 Å². The van der Waals surface area contributed by atoms with Crippen LogP contribution in [0.25, 0.3) is 0 Å². The minimum atomic E-state index is -0.266. The van der Waals surface area contributed by atoms with Gasteiger partial charge < -0.3 is 15.2 Å². The van der Waals surface area contributed by atoms with Crippen molar-refractivity contribution in [2.24, 2.45) is 7.05 Å². The van der Waals surface area contributed by atoms with Crippen molar-refractivity contribution >= 4 is 58.2 Å². The first-order valence-corrected chi connectivity index (χ1v) is 11.6. The molecule has 32 heavy (non-hydrogen) atoms. The fourth-order valence-electron chi connectivity index (χ4n) is 2.83. The van der Waals surface area contributed by atoms with E-state index < -0.39 is 0 Å². The Kier molecular flexibility index (Phi) is 8.17. The monoisotopic (exact) mass is 491 g/mol. The van der Waals surface area contributed by atoms with Gasteiger partial charge in [0, 0.05) is 18.4 Å². The van der Waals surface area contributed by atoms with Gasteiger partial charge in [0.2, 0.25) is 11.8 Å². The van der Waals surface area contributed by atoms with Crippen molar-refractivity contribution in [3.63, 3.8) is 0 Å². The molecular weight excluding hydrogens is 469 g/mol. The molecule has 7 nitrogen and oxygen atoms in total. The van der Waals surface area contributed by atoms with Crippen molar-refractivity contribution in [1.29, 1.82) is 0 Å². The molecule has 0 saturated heterocycles. The predicted octanol–water partition coefficient (Wildman–Crippen LogP) is 5.16. The Bertz CT molecular complexity index is 1120. The van der Waals surface area contributed by atoms with E-state index in [0.717, 1.165) is 5.69 Å². The number of rotatable bonds is 8. The van der Waals surface area contributed by atoms with E-state index in [4.69, 9.17) is 23.2 Å². The highest BCUT2D eigenvalue weighted by molar-refractivity contribution is 7.99. The number of carbonyl (C=O) groups is 2. The van der Waals surface area contributed by atoms with Crippen LogP contribution in [0, 0.1) is 0 Å². The van der Waals surface area contributed by atoms with Gasteiger partial charge in [-0.05, 0) is 41.8 Å². The van der Waals surface area contributed by atoms with E-state index in [1.165, 1.54) is 17.3 Å². The number of aromatic nitrogens is 3. The smallest absolute Gasteiger partial charge is 0.234 e. The van der Waals surface area contributed by atoms with Gasteiger partial charge in [0.25, 0.3) is 0 Å². The maximum atomic E-state index is 12.3. The highest BCUT2D eigenvalue weighted by Gasteiger charge is 2.15. The number of carbonyl (C=O) groups excluding carboxylic acids is 2. The summed E-state index contributed by atoms with van der Waals surface area (Å²) in [6.07, 6.45) is 0.0265. The van der Waals surface area contributed by atoms with Crippen molar-refractivity contribution in [2.75, 3.05) is 16.4 Å². The van der Waals surface area contributed by atoms with Gasteiger partial charge in [-0.15, -0.1) is 10.2 Å². The zero-order valence-corrected chi connectivity index (χ0v) is 20.2. The van der Waals surface area contributed by atoms with Crippen LogP contribution >= 0.6 is 35.0 Å². The Balaban J connectivity index is 1.52. The van der Waals surface area contributed by atoms with Crippen LogP contribution in [0.15, 0.2) is 47.6 Å². The molecule has 0 aliphatic heterocycles. The van der Waals surface area contributed by atoms with E-state index in [2.05, 4.69) is 34.7 Å². The SMILES string of the molecule is CC(C)c1ccc(NC(=O)CSc2nnc(CC(=O)Nc3ccc(Cl)c(Cl)c3)n2C)cc1. The lowest BCUT2D eigenvalue weighted by Gasteiger charge is -2.08. The second-order valence-corrected chi connectivity index (χ2v) is 9.18. The van der Waals surface area contributed by atoms with Crippen LogP contribution in [-0.2, 0) is 23.1 Å². The Hall–Kier alpha value is -2.55. The Labute approximate surface area is 200 Å². The lowest BCUT2D eigenvalue weighted by atomic mass is 10.0. The average Bonchev–Trinajstić information content (AvgIpc) is 3.09. The van der Waals surface area contributed by atoms with Crippen molar-refractivity contribution in [1.82, 2.24) is 14.8 Å². The third-order valence-corrected chi connectivity index (χ3v) is 6.40. The lowest BCUT2D eigenvalue weighted by Crippen LogP contribution is -2.17. The molecule has 0 radical (unpaired) electrons. The van der Waals surface area contributed by atoms with E-state index in [0.29, 0.717) is 32.6 Å². The molecule has 0 spiro atoms. The fourth-order valence-corrected chi connectivity index (χ4v) is 3.85. The van der Waals surface area contributed by atoms with Crippen LogP contribution < -0.4 is 10.6 Å². The maximum Gasteiger partial charge on any atom is 0.234 e. The van der Waals surface area contributed by atoms with Crippen molar-refractivity contribution < 1.29 is 9.59 Å². The third-order valence-electron chi connectivity index (χ3n) is 4.64. The molecule has 2 aromatic carbocycles. The molecule has 3 rings (SSSR count). The second-order valence-electron chi connectivity index (χ2n) is 7.43. The standard InChI is InChI=1S/C22H23Cl2N5O2S/c1-13(2)14-4-6-15(7-5-14)25-21(31)12-32-22-28-27-19(29(22)3)11-20(30)26-16-8-9-17(23)18(24)10-16/h4-10,13H,11-12H2,1-3H3,(H,25,31)(H,26,30). The Morgan fingerprint density at radius 2 is 1.62 bits per heavy atom. The number of anilines is 2. The van der Waals surface area contributed by atoms with Crippen LogP contribution in [0.1, 0.15) is 31.2 Å². The normalized spacial score (nSPS) is 10.9. The van der Waals surface area contributed by atoms with Gasteiger partial charge in [0.1, 0.15) is 5.82 Å². The number of hydrogen-bond acceptors (Lipinski definition) is 5. The number of thioether (sulfide) groups is 1. The molecule has 1 heterocycles. The summed E-state index contributed by atoms with van der Waals surface area (Å²) in [7, 11) is 1.76. The molecule has 0 bridgehead atoms. The van der Waals surface area contributed by atoms with Crippen LogP contribution in [0.4, 0.5) is 11.4 Å². The molecule has 3 aromatic rings. The summed E-state index contributed by atoms with van der Waals surface area (Å²) in [5.74, 6) is 0.682. The van der Waals surface area contributed by atoms with Gasteiger partial charge in [-0.25, -0.2) is 0 Å². The topological polar surface area (TPSA) is 88.9 Å². The van der Waals surface area contributed by atoms with E-state index in [9.17, 15) is 9.59 Å². The van der Waals surface area contributed by atoms with Crippen LogP contribution in [0.2, 0.25) is 10.0 Å². The van der Waals surface area contributed by atoms with Gasteiger partial charge >= 0.3 is 0 Å². The maximum absolute atomic E-state index is 12.3. The number of amides is 2. The fraction of sp³-hybridized carbons (Fsp3) is 0.273.